The molecule has 0 fully saturated rings. The van der Waals surface area contributed by atoms with Crippen LogP contribution in [0.15, 0.2) is 30.3 Å². The molecule has 0 amide bonds. The number of esters is 1. The highest BCUT2D eigenvalue weighted by Gasteiger charge is 2.22. The van der Waals surface area contributed by atoms with Crippen LogP contribution in [0.5, 0.6) is 0 Å². The van der Waals surface area contributed by atoms with Crippen LogP contribution in [0.2, 0.25) is 0 Å². The van der Waals surface area contributed by atoms with Crippen LogP contribution in [-0.2, 0) is 9.53 Å². The molecule has 3 heteroatoms. The van der Waals surface area contributed by atoms with E-state index in [0.717, 1.165) is 6.54 Å². The van der Waals surface area contributed by atoms with E-state index in [-0.39, 0.29) is 12.0 Å². The van der Waals surface area contributed by atoms with Gasteiger partial charge in [0.2, 0.25) is 0 Å². The van der Waals surface area contributed by atoms with Gasteiger partial charge in [0.25, 0.3) is 0 Å². The van der Waals surface area contributed by atoms with Crippen molar-refractivity contribution in [2.75, 3.05) is 13.7 Å². The normalized spacial score (nSPS) is 14.3. The number of rotatable bonds is 6. The number of ether oxygens (including phenoxy) is 1. The number of hydrogen-bond donors (Lipinski definition) is 0. The van der Waals surface area contributed by atoms with E-state index in [1.54, 1.807) is 0 Å². The van der Waals surface area contributed by atoms with Crippen molar-refractivity contribution in [3.05, 3.63) is 35.9 Å². The van der Waals surface area contributed by atoms with E-state index in [1.165, 1.54) is 12.7 Å². The highest BCUT2D eigenvalue weighted by atomic mass is 16.5. The van der Waals surface area contributed by atoms with E-state index < -0.39 is 0 Å². The summed E-state index contributed by atoms with van der Waals surface area (Å²) in [5.74, 6) is -0.152. The molecule has 0 spiro atoms. The van der Waals surface area contributed by atoms with Crippen molar-refractivity contribution in [1.29, 1.82) is 0 Å². The number of methoxy groups -OCH3 is 1. The third-order valence-electron chi connectivity index (χ3n) is 3.40. The summed E-state index contributed by atoms with van der Waals surface area (Å²) in [6.45, 7) is 7.27. The van der Waals surface area contributed by atoms with Crippen LogP contribution in [0, 0.1) is 0 Å². The minimum Gasteiger partial charge on any atom is -0.469 e. The van der Waals surface area contributed by atoms with Crippen molar-refractivity contribution in [3.8, 4) is 0 Å². The van der Waals surface area contributed by atoms with Gasteiger partial charge in [-0.15, -0.1) is 0 Å². The number of carbonyl (C=O) groups is 1. The van der Waals surface area contributed by atoms with E-state index >= 15 is 0 Å². The molecule has 1 rings (SSSR count). The molecule has 2 atom stereocenters. The Morgan fingerprint density at radius 3 is 2.39 bits per heavy atom. The molecule has 0 aliphatic carbocycles. The topological polar surface area (TPSA) is 29.5 Å². The fourth-order valence-corrected chi connectivity index (χ4v) is 2.33. The summed E-state index contributed by atoms with van der Waals surface area (Å²) in [4.78, 5) is 13.7. The van der Waals surface area contributed by atoms with Gasteiger partial charge in [0, 0.05) is 12.1 Å². The monoisotopic (exact) mass is 249 g/mol. The molecule has 0 bridgehead atoms. The van der Waals surface area contributed by atoms with E-state index in [4.69, 9.17) is 4.74 Å². The summed E-state index contributed by atoms with van der Waals surface area (Å²) in [6.07, 6.45) is 0.432. The molecule has 18 heavy (non-hydrogen) atoms. The Balaban J connectivity index is 2.73. The highest BCUT2D eigenvalue weighted by molar-refractivity contribution is 5.69. The first-order chi connectivity index (χ1) is 8.60. The standard InChI is InChI=1S/C15H23NO2/c1-5-16(12(2)11-15(17)18-4)13(3)14-9-7-6-8-10-14/h6-10,12-13H,5,11H2,1-4H3/t12-,13+/m1/s1. The number of nitrogens with zero attached hydrogens (tertiary/aromatic N) is 1. The lowest BCUT2D eigenvalue weighted by atomic mass is 10.0. The Kier molecular flexibility index (Phi) is 5.86. The molecule has 0 saturated carbocycles. The van der Waals surface area contributed by atoms with Gasteiger partial charge in [-0.05, 0) is 26.0 Å². The van der Waals surface area contributed by atoms with Crippen molar-refractivity contribution in [2.45, 2.75) is 39.3 Å². The smallest absolute Gasteiger partial charge is 0.307 e. The maximum atomic E-state index is 11.4. The minimum atomic E-state index is -0.152. The molecular weight excluding hydrogens is 226 g/mol. The van der Waals surface area contributed by atoms with Crippen LogP contribution in [0.1, 0.15) is 38.8 Å². The first kappa shape index (κ1) is 14.7. The molecule has 0 saturated heterocycles. The number of benzene rings is 1. The average molecular weight is 249 g/mol. The van der Waals surface area contributed by atoms with Crippen molar-refractivity contribution in [2.24, 2.45) is 0 Å². The molecule has 0 heterocycles. The van der Waals surface area contributed by atoms with Gasteiger partial charge >= 0.3 is 5.97 Å². The largest absolute Gasteiger partial charge is 0.469 e. The molecule has 1 aromatic carbocycles. The predicted octanol–water partition coefficient (Wildman–Crippen LogP) is 3.02. The van der Waals surface area contributed by atoms with Crippen molar-refractivity contribution >= 4 is 5.97 Å². The van der Waals surface area contributed by atoms with Crippen molar-refractivity contribution in [1.82, 2.24) is 4.90 Å². The van der Waals surface area contributed by atoms with Crippen LogP contribution < -0.4 is 0 Å². The summed E-state index contributed by atoms with van der Waals surface area (Å²) in [7, 11) is 1.44. The summed E-state index contributed by atoms with van der Waals surface area (Å²) in [6, 6.07) is 10.8. The van der Waals surface area contributed by atoms with E-state index in [0.29, 0.717) is 12.5 Å². The van der Waals surface area contributed by atoms with Gasteiger partial charge in [0.05, 0.1) is 13.5 Å². The zero-order valence-corrected chi connectivity index (χ0v) is 11.7. The molecule has 0 aliphatic heterocycles. The average Bonchev–Trinajstić information content (AvgIpc) is 2.40. The van der Waals surface area contributed by atoms with Gasteiger partial charge in [0.15, 0.2) is 0 Å². The van der Waals surface area contributed by atoms with Crippen LogP contribution >= 0.6 is 0 Å². The maximum Gasteiger partial charge on any atom is 0.307 e. The lowest BCUT2D eigenvalue weighted by molar-refractivity contribution is -0.142. The Labute approximate surface area is 110 Å². The van der Waals surface area contributed by atoms with Crippen molar-refractivity contribution < 1.29 is 9.53 Å². The predicted molar refractivity (Wildman–Crippen MR) is 73.3 cm³/mol. The molecule has 0 aliphatic rings. The van der Waals surface area contributed by atoms with Crippen LogP contribution in [0.3, 0.4) is 0 Å². The zero-order chi connectivity index (χ0) is 13.5. The molecule has 100 valence electrons. The van der Waals surface area contributed by atoms with Gasteiger partial charge in [-0.1, -0.05) is 37.3 Å². The summed E-state index contributed by atoms with van der Waals surface area (Å²) in [5, 5.41) is 0. The van der Waals surface area contributed by atoms with Gasteiger partial charge in [0.1, 0.15) is 0 Å². The summed E-state index contributed by atoms with van der Waals surface area (Å²) in [5.41, 5.74) is 1.27. The molecule has 0 radical (unpaired) electrons. The quantitative estimate of drug-likeness (QED) is 0.726. The second-order valence-corrected chi connectivity index (χ2v) is 4.55. The van der Waals surface area contributed by atoms with Crippen molar-refractivity contribution in [3.63, 3.8) is 0 Å². The van der Waals surface area contributed by atoms with Gasteiger partial charge < -0.3 is 4.74 Å². The highest BCUT2D eigenvalue weighted by Crippen LogP contribution is 2.23. The second kappa shape index (κ2) is 7.17. The van der Waals surface area contributed by atoms with Gasteiger partial charge in [-0.2, -0.15) is 0 Å². The fourth-order valence-electron chi connectivity index (χ4n) is 2.33. The second-order valence-electron chi connectivity index (χ2n) is 4.55. The van der Waals surface area contributed by atoms with Gasteiger partial charge in [-0.25, -0.2) is 0 Å². The number of hydrogen-bond acceptors (Lipinski definition) is 3. The molecule has 0 N–H and O–H groups in total. The SMILES string of the molecule is CCN([C@H](C)CC(=O)OC)[C@@H](C)c1ccccc1. The Morgan fingerprint density at radius 2 is 1.89 bits per heavy atom. The Morgan fingerprint density at radius 1 is 1.28 bits per heavy atom. The minimum absolute atomic E-state index is 0.152. The molecule has 0 aromatic heterocycles. The third-order valence-corrected chi connectivity index (χ3v) is 3.40. The lowest BCUT2D eigenvalue weighted by Gasteiger charge is -2.33. The maximum absolute atomic E-state index is 11.4. The lowest BCUT2D eigenvalue weighted by Crippen LogP contribution is -2.36. The summed E-state index contributed by atoms with van der Waals surface area (Å²) < 4.78 is 4.74. The first-order valence-electron chi connectivity index (χ1n) is 6.47. The molecule has 3 nitrogen and oxygen atoms in total. The van der Waals surface area contributed by atoms with E-state index in [2.05, 4.69) is 37.8 Å². The van der Waals surface area contributed by atoms with Crippen LogP contribution in [0.25, 0.3) is 0 Å². The van der Waals surface area contributed by atoms with Gasteiger partial charge in [-0.3, -0.25) is 9.69 Å². The van der Waals surface area contributed by atoms with Crippen LogP contribution in [-0.4, -0.2) is 30.6 Å². The molecule has 0 unspecified atom stereocenters. The van der Waals surface area contributed by atoms with E-state index in [9.17, 15) is 4.79 Å². The molecule has 1 aromatic rings. The first-order valence-corrected chi connectivity index (χ1v) is 6.47. The Hall–Kier alpha value is -1.35. The summed E-state index contributed by atoms with van der Waals surface area (Å²) >= 11 is 0. The Bertz CT molecular complexity index is 364. The third kappa shape index (κ3) is 3.84. The fraction of sp³-hybridized carbons (Fsp3) is 0.533. The van der Waals surface area contributed by atoms with Crippen LogP contribution in [0.4, 0.5) is 0 Å². The molecular formula is C15H23NO2. The zero-order valence-electron chi connectivity index (χ0n) is 11.7. The number of carbonyl (C=O) groups excluding carboxylic acids is 1. The van der Waals surface area contributed by atoms with E-state index in [1.807, 2.05) is 18.2 Å².